The lowest BCUT2D eigenvalue weighted by molar-refractivity contribution is -0.152. The molecule has 1 saturated heterocycles. The van der Waals surface area contributed by atoms with Crippen molar-refractivity contribution in [3.8, 4) is 34.3 Å². The van der Waals surface area contributed by atoms with Gasteiger partial charge in [-0.3, -0.25) is 9.69 Å². The van der Waals surface area contributed by atoms with Gasteiger partial charge in [-0.25, -0.2) is 0 Å². The number of hydrogen-bond acceptors (Lipinski definition) is 7. The van der Waals surface area contributed by atoms with E-state index >= 15 is 0 Å². The molecule has 0 aliphatic carbocycles. The van der Waals surface area contributed by atoms with Crippen LogP contribution < -0.4 is 4.74 Å². The second kappa shape index (κ2) is 9.85. The number of hydrogen-bond donors (Lipinski definition) is 2. The Balaban J connectivity index is 1.40. The number of rotatable bonds is 8. The molecule has 8 heteroatoms. The van der Waals surface area contributed by atoms with Crippen LogP contribution in [0.3, 0.4) is 0 Å². The number of piperidine rings is 1. The fourth-order valence-electron chi connectivity index (χ4n) is 4.34. The van der Waals surface area contributed by atoms with E-state index in [9.17, 15) is 15.0 Å². The molecule has 0 spiro atoms. The van der Waals surface area contributed by atoms with E-state index in [1.807, 2.05) is 45.0 Å². The zero-order valence-electron chi connectivity index (χ0n) is 19.8. The van der Waals surface area contributed by atoms with E-state index in [0.29, 0.717) is 42.3 Å². The molecule has 1 fully saturated rings. The third-order valence-electron chi connectivity index (χ3n) is 6.56. The molecule has 3 aromatic rings. The third kappa shape index (κ3) is 5.07. The summed E-state index contributed by atoms with van der Waals surface area (Å²) in [7, 11) is 0. The van der Waals surface area contributed by atoms with Gasteiger partial charge in [-0.1, -0.05) is 36.3 Å². The van der Waals surface area contributed by atoms with Crippen molar-refractivity contribution in [3.63, 3.8) is 0 Å². The lowest BCUT2D eigenvalue weighted by Gasteiger charge is -2.38. The summed E-state index contributed by atoms with van der Waals surface area (Å²) in [5.41, 5.74) is 2.02. The lowest BCUT2D eigenvalue weighted by atomic mass is 9.76. The summed E-state index contributed by atoms with van der Waals surface area (Å²) in [6.45, 7) is 8.09. The highest BCUT2D eigenvalue weighted by molar-refractivity contribution is 5.74. The van der Waals surface area contributed by atoms with Gasteiger partial charge < -0.3 is 19.5 Å². The van der Waals surface area contributed by atoms with Crippen molar-refractivity contribution in [1.29, 1.82) is 0 Å². The fourth-order valence-corrected chi connectivity index (χ4v) is 4.34. The standard InChI is InChI=1S/C26H31N3O5/c1-4-26(25(31)32)11-13-29(14-12-26)16-18-5-7-19(8-6-18)23-27-24(34-28-23)20-9-10-22(21(30)15-20)33-17(2)3/h5-10,15,17,30H,4,11-14,16H2,1-3H3,(H,31,32). The van der Waals surface area contributed by atoms with Crippen LogP contribution in [0.1, 0.15) is 45.6 Å². The minimum Gasteiger partial charge on any atom is -0.504 e. The van der Waals surface area contributed by atoms with Crippen molar-refractivity contribution < 1.29 is 24.3 Å². The molecule has 0 amide bonds. The van der Waals surface area contributed by atoms with Gasteiger partial charge in [-0.15, -0.1) is 0 Å². The van der Waals surface area contributed by atoms with Gasteiger partial charge in [0.2, 0.25) is 5.82 Å². The maximum absolute atomic E-state index is 11.7. The van der Waals surface area contributed by atoms with Gasteiger partial charge in [-0.05, 0) is 70.0 Å². The van der Waals surface area contributed by atoms with Crippen LogP contribution in [0, 0.1) is 5.41 Å². The van der Waals surface area contributed by atoms with Crippen molar-refractivity contribution in [2.75, 3.05) is 13.1 Å². The molecule has 0 unspecified atom stereocenters. The van der Waals surface area contributed by atoms with Crippen molar-refractivity contribution >= 4 is 5.97 Å². The van der Waals surface area contributed by atoms with Crippen LogP contribution >= 0.6 is 0 Å². The van der Waals surface area contributed by atoms with E-state index in [0.717, 1.165) is 30.8 Å². The van der Waals surface area contributed by atoms with E-state index in [-0.39, 0.29) is 11.9 Å². The number of benzene rings is 2. The van der Waals surface area contributed by atoms with Gasteiger partial charge in [-0.2, -0.15) is 4.98 Å². The smallest absolute Gasteiger partial charge is 0.309 e. The minimum atomic E-state index is -0.673. The van der Waals surface area contributed by atoms with Gasteiger partial charge >= 0.3 is 5.97 Å². The molecule has 4 rings (SSSR count). The number of aromatic nitrogens is 2. The normalized spacial score (nSPS) is 16.0. The van der Waals surface area contributed by atoms with Crippen LogP contribution in [0.15, 0.2) is 47.0 Å². The summed E-state index contributed by atoms with van der Waals surface area (Å²) in [6.07, 6.45) is 2.00. The highest BCUT2D eigenvalue weighted by Gasteiger charge is 2.39. The molecule has 1 aliphatic rings. The van der Waals surface area contributed by atoms with E-state index in [1.54, 1.807) is 18.2 Å². The number of carbonyl (C=O) groups is 1. The number of aromatic hydroxyl groups is 1. The Morgan fingerprint density at radius 1 is 1.15 bits per heavy atom. The maximum Gasteiger partial charge on any atom is 0.309 e. The molecule has 0 bridgehead atoms. The Morgan fingerprint density at radius 3 is 2.41 bits per heavy atom. The molecule has 0 radical (unpaired) electrons. The molecule has 0 saturated carbocycles. The topological polar surface area (TPSA) is 109 Å². The van der Waals surface area contributed by atoms with Gasteiger partial charge in [0.05, 0.1) is 11.5 Å². The van der Waals surface area contributed by atoms with Crippen LogP contribution in [0.2, 0.25) is 0 Å². The monoisotopic (exact) mass is 465 g/mol. The average molecular weight is 466 g/mol. The third-order valence-corrected chi connectivity index (χ3v) is 6.56. The van der Waals surface area contributed by atoms with Gasteiger partial charge in [0.1, 0.15) is 0 Å². The van der Waals surface area contributed by atoms with Crippen molar-refractivity contribution in [2.45, 2.75) is 52.7 Å². The predicted octanol–water partition coefficient (Wildman–Crippen LogP) is 4.97. The Labute approximate surface area is 199 Å². The van der Waals surface area contributed by atoms with Crippen LogP contribution in [-0.2, 0) is 11.3 Å². The first-order chi connectivity index (χ1) is 16.3. The van der Waals surface area contributed by atoms with E-state index in [2.05, 4.69) is 15.0 Å². The molecule has 2 N–H and O–H groups in total. The Bertz CT molecular complexity index is 1130. The van der Waals surface area contributed by atoms with E-state index in [4.69, 9.17) is 9.26 Å². The molecule has 180 valence electrons. The van der Waals surface area contributed by atoms with Gasteiger partial charge in [0.25, 0.3) is 5.89 Å². The number of ether oxygens (including phenoxy) is 1. The minimum absolute atomic E-state index is 0.0209. The first-order valence-corrected chi connectivity index (χ1v) is 11.7. The molecule has 1 aromatic heterocycles. The Kier molecular flexibility index (Phi) is 6.88. The van der Waals surface area contributed by atoms with Crippen LogP contribution in [0.25, 0.3) is 22.8 Å². The second-order valence-electron chi connectivity index (χ2n) is 9.18. The van der Waals surface area contributed by atoms with Crippen molar-refractivity contribution in [3.05, 3.63) is 48.0 Å². The number of carboxylic acid groups (broad SMARTS) is 1. The molecule has 2 heterocycles. The molecular formula is C26H31N3O5. The summed E-state index contributed by atoms with van der Waals surface area (Å²) >= 11 is 0. The number of phenols is 1. The fraction of sp³-hybridized carbons (Fsp3) is 0.423. The molecule has 8 nitrogen and oxygen atoms in total. The first kappa shape index (κ1) is 23.8. The quantitative estimate of drug-likeness (QED) is 0.480. The molecule has 34 heavy (non-hydrogen) atoms. The van der Waals surface area contributed by atoms with Crippen molar-refractivity contribution in [1.82, 2.24) is 15.0 Å². The van der Waals surface area contributed by atoms with E-state index < -0.39 is 11.4 Å². The Morgan fingerprint density at radius 2 is 1.82 bits per heavy atom. The first-order valence-electron chi connectivity index (χ1n) is 11.7. The number of aliphatic carboxylic acids is 1. The zero-order chi connectivity index (χ0) is 24.3. The summed E-state index contributed by atoms with van der Waals surface area (Å²) in [4.78, 5) is 18.4. The Hall–Kier alpha value is -3.39. The maximum atomic E-state index is 11.7. The second-order valence-corrected chi connectivity index (χ2v) is 9.18. The average Bonchev–Trinajstić information content (AvgIpc) is 3.31. The molecule has 2 aromatic carbocycles. The van der Waals surface area contributed by atoms with Crippen LogP contribution in [-0.4, -0.2) is 50.4 Å². The summed E-state index contributed by atoms with van der Waals surface area (Å²) in [5, 5.41) is 23.9. The highest BCUT2D eigenvalue weighted by Crippen LogP contribution is 2.36. The lowest BCUT2D eigenvalue weighted by Crippen LogP contribution is -2.43. The predicted molar refractivity (Wildman–Crippen MR) is 127 cm³/mol. The molecule has 1 aliphatic heterocycles. The number of likely N-dealkylation sites (tertiary alicyclic amines) is 1. The van der Waals surface area contributed by atoms with Crippen LogP contribution in [0.4, 0.5) is 0 Å². The van der Waals surface area contributed by atoms with Gasteiger partial charge in [0, 0.05) is 17.7 Å². The van der Waals surface area contributed by atoms with Gasteiger partial charge in [0.15, 0.2) is 11.5 Å². The van der Waals surface area contributed by atoms with E-state index in [1.165, 1.54) is 0 Å². The molecular weight excluding hydrogens is 434 g/mol. The number of phenolic OH excluding ortho intramolecular Hbond substituents is 1. The zero-order valence-corrected chi connectivity index (χ0v) is 19.8. The highest BCUT2D eigenvalue weighted by atomic mass is 16.5. The number of carboxylic acids is 1. The summed E-state index contributed by atoms with van der Waals surface area (Å²) < 4.78 is 11.0. The number of nitrogens with zero attached hydrogens (tertiary/aromatic N) is 3. The van der Waals surface area contributed by atoms with Crippen LogP contribution in [0.5, 0.6) is 11.5 Å². The largest absolute Gasteiger partial charge is 0.504 e. The summed E-state index contributed by atoms with van der Waals surface area (Å²) in [5.74, 6) is 0.541. The molecule has 0 atom stereocenters. The van der Waals surface area contributed by atoms with Crippen molar-refractivity contribution in [2.24, 2.45) is 5.41 Å². The SMILES string of the molecule is CCC1(C(=O)O)CCN(Cc2ccc(-c3noc(-c4ccc(OC(C)C)c(O)c4)n3)cc2)CC1. The summed E-state index contributed by atoms with van der Waals surface area (Å²) in [6, 6.07) is 13.0.